The van der Waals surface area contributed by atoms with Gasteiger partial charge in [-0.15, -0.1) is 21.5 Å². The zero-order chi connectivity index (χ0) is 30.3. The van der Waals surface area contributed by atoms with Crippen LogP contribution in [0.4, 0.5) is 0 Å². The average molecular weight is 621 g/mol. The van der Waals surface area contributed by atoms with Crippen molar-refractivity contribution in [1.29, 1.82) is 0 Å². The van der Waals surface area contributed by atoms with Gasteiger partial charge in [0, 0.05) is 6.42 Å². The Labute approximate surface area is 264 Å². The predicted molar refractivity (Wildman–Crippen MR) is 175 cm³/mol. The molecule has 3 aromatic carbocycles. The second-order valence-electron chi connectivity index (χ2n) is 10.6. The summed E-state index contributed by atoms with van der Waals surface area (Å²) in [5, 5.41) is 20.9. The van der Waals surface area contributed by atoms with Gasteiger partial charge in [-0.1, -0.05) is 108 Å². The summed E-state index contributed by atoms with van der Waals surface area (Å²) in [4.78, 5) is 27.5. The van der Waals surface area contributed by atoms with E-state index in [1.165, 1.54) is 17.3 Å². The lowest BCUT2D eigenvalue weighted by molar-refractivity contribution is -0.130. The smallest absolute Gasteiger partial charge is 0.253 e. The first-order chi connectivity index (χ1) is 21.5. The zero-order valence-electron chi connectivity index (χ0n) is 24.3. The molecule has 1 atom stereocenters. The zero-order valence-corrected chi connectivity index (χ0v) is 25.9. The maximum Gasteiger partial charge on any atom is 0.253 e. The molecule has 10 heteroatoms. The fraction of sp³-hybridized carbons (Fsp3) is 0.206. The molecule has 0 radical (unpaired) electrons. The topological polar surface area (TPSA) is 92.5 Å². The quantitative estimate of drug-likeness (QED) is 0.182. The van der Waals surface area contributed by atoms with E-state index >= 15 is 0 Å². The van der Waals surface area contributed by atoms with Gasteiger partial charge in [-0.05, 0) is 35.1 Å². The van der Waals surface area contributed by atoms with Crippen molar-refractivity contribution < 1.29 is 9.59 Å². The molecule has 0 saturated carbocycles. The van der Waals surface area contributed by atoms with Crippen LogP contribution < -0.4 is 5.32 Å². The second kappa shape index (κ2) is 13.8. The van der Waals surface area contributed by atoms with E-state index in [1.54, 1.807) is 16.3 Å². The lowest BCUT2D eigenvalue weighted by Gasteiger charge is -2.22. The first-order valence-corrected chi connectivity index (χ1v) is 16.3. The summed E-state index contributed by atoms with van der Waals surface area (Å²) < 4.78 is 1.97. The largest absolute Gasteiger partial charge is 0.349 e. The van der Waals surface area contributed by atoms with E-state index in [9.17, 15) is 9.59 Å². The summed E-state index contributed by atoms with van der Waals surface area (Å²) in [6.45, 7) is 2.81. The third-order valence-corrected chi connectivity index (χ3v) is 9.26. The van der Waals surface area contributed by atoms with Gasteiger partial charge in [-0.25, -0.2) is 5.01 Å². The lowest BCUT2D eigenvalue weighted by atomic mass is 10.00. The summed E-state index contributed by atoms with van der Waals surface area (Å²) in [7, 11) is 0. The van der Waals surface area contributed by atoms with Crippen molar-refractivity contribution >= 4 is 40.6 Å². The Morgan fingerprint density at radius 1 is 0.909 bits per heavy atom. The van der Waals surface area contributed by atoms with Crippen LogP contribution >= 0.6 is 23.1 Å². The molecule has 1 aliphatic rings. The Kier molecular flexibility index (Phi) is 9.28. The van der Waals surface area contributed by atoms with Gasteiger partial charge in [0.1, 0.15) is 0 Å². The standard InChI is InChI=1S/C34H32N6O2S2/c1-24-14-16-27(17-15-24)29-20-28(30-13-8-18-43-30)38-40(29)33(42)23-44-34-37-36-31(39(34)22-26-11-6-3-7-12-26)21-35-32(41)19-25-9-4-2-5-10-25/h2-18,29H,19-23H2,1H3,(H,35,41). The fourth-order valence-electron chi connectivity index (χ4n) is 5.08. The highest BCUT2D eigenvalue weighted by molar-refractivity contribution is 7.99. The van der Waals surface area contributed by atoms with Crippen molar-refractivity contribution in [3.63, 3.8) is 0 Å². The Hall–Kier alpha value is -4.54. The Balaban J connectivity index is 1.19. The number of carbonyl (C=O) groups excluding carboxylic acids is 2. The molecule has 44 heavy (non-hydrogen) atoms. The third kappa shape index (κ3) is 7.15. The molecule has 222 valence electrons. The van der Waals surface area contributed by atoms with Crippen LogP contribution in [-0.4, -0.2) is 43.1 Å². The summed E-state index contributed by atoms with van der Waals surface area (Å²) in [5.41, 5.74) is 5.17. The molecule has 0 spiro atoms. The van der Waals surface area contributed by atoms with Gasteiger partial charge in [0.2, 0.25) is 5.91 Å². The van der Waals surface area contributed by atoms with Crippen LogP contribution in [0.2, 0.25) is 0 Å². The summed E-state index contributed by atoms with van der Waals surface area (Å²) in [5.74, 6) is 0.586. The molecule has 6 rings (SSSR count). The van der Waals surface area contributed by atoms with Gasteiger partial charge < -0.3 is 9.88 Å². The average Bonchev–Trinajstić information content (AvgIpc) is 3.81. The Bertz CT molecular complexity index is 1740. The predicted octanol–water partition coefficient (Wildman–Crippen LogP) is 6.03. The molecule has 3 heterocycles. The van der Waals surface area contributed by atoms with E-state index in [-0.39, 0.29) is 36.6 Å². The number of aryl methyl sites for hydroxylation is 1. The normalized spacial score (nSPS) is 14.4. The van der Waals surface area contributed by atoms with Gasteiger partial charge in [0.05, 0.1) is 41.9 Å². The second-order valence-corrected chi connectivity index (χ2v) is 12.5. The minimum Gasteiger partial charge on any atom is -0.349 e. The number of thiophene rings is 1. The molecule has 1 N–H and O–H groups in total. The maximum absolute atomic E-state index is 13.7. The first-order valence-electron chi connectivity index (χ1n) is 14.4. The van der Waals surface area contributed by atoms with Gasteiger partial charge in [-0.3, -0.25) is 9.59 Å². The number of hydrogen-bond acceptors (Lipinski definition) is 7. The number of nitrogens with one attached hydrogen (secondary N) is 1. The molecule has 1 aliphatic heterocycles. The molecule has 2 aromatic heterocycles. The van der Waals surface area contributed by atoms with Crippen LogP contribution in [-0.2, 0) is 29.1 Å². The number of benzene rings is 3. The molecule has 5 aromatic rings. The van der Waals surface area contributed by atoms with Gasteiger partial charge >= 0.3 is 0 Å². The molecule has 1 unspecified atom stereocenters. The van der Waals surface area contributed by atoms with Crippen LogP contribution in [0.3, 0.4) is 0 Å². The summed E-state index contributed by atoms with van der Waals surface area (Å²) in [6.07, 6.45) is 0.951. The molecule has 0 fully saturated rings. The molecular weight excluding hydrogens is 589 g/mol. The minimum absolute atomic E-state index is 0.0922. The van der Waals surface area contributed by atoms with Crippen molar-refractivity contribution in [2.24, 2.45) is 5.10 Å². The summed E-state index contributed by atoms with van der Waals surface area (Å²) in [6, 6.07) is 31.8. The van der Waals surface area contributed by atoms with E-state index in [1.807, 2.05) is 82.7 Å². The number of rotatable bonds is 11. The number of hydrogen-bond donors (Lipinski definition) is 1. The highest BCUT2D eigenvalue weighted by atomic mass is 32.2. The van der Waals surface area contributed by atoms with Crippen LogP contribution in [0.15, 0.2) is 113 Å². The minimum atomic E-state index is -0.168. The SMILES string of the molecule is Cc1ccc(C2CC(c3cccs3)=NN2C(=O)CSc2nnc(CNC(=O)Cc3ccccc3)n2Cc2ccccc2)cc1. The number of thioether (sulfide) groups is 1. The summed E-state index contributed by atoms with van der Waals surface area (Å²) >= 11 is 2.97. The van der Waals surface area contributed by atoms with Crippen molar-refractivity contribution in [1.82, 2.24) is 25.1 Å². The maximum atomic E-state index is 13.7. The van der Waals surface area contributed by atoms with Crippen molar-refractivity contribution in [3.05, 3.63) is 135 Å². The highest BCUT2D eigenvalue weighted by Gasteiger charge is 2.33. The van der Waals surface area contributed by atoms with Gasteiger partial charge in [0.25, 0.3) is 5.91 Å². The Morgan fingerprint density at radius 3 is 2.34 bits per heavy atom. The third-order valence-electron chi connectivity index (χ3n) is 7.39. The fourth-order valence-corrected chi connectivity index (χ4v) is 6.61. The van der Waals surface area contributed by atoms with E-state index < -0.39 is 0 Å². The monoisotopic (exact) mass is 620 g/mol. The number of amides is 2. The van der Waals surface area contributed by atoms with Crippen LogP contribution in [0.5, 0.6) is 0 Å². The molecule has 0 saturated heterocycles. The molecule has 0 bridgehead atoms. The van der Waals surface area contributed by atoms with Crippen molar-refractivity contribution in [2.45, 2.75) is 44.1 Å². The number of carbonyl (C=O) groups is 2. The van der Waals surface area contributed by atoms with Crippen LogP contribution in [0, 0.1) is 6.92 Å². The van der Waals surface area contributed by atoms with Gasteiger partial charge in [0.15, 0.2) is 11.0 Å². The molecule has 0 aliphatic carbocycles. The van der Waals surface area contributed by atoms with E-state index in [2.05, 4.69) is 46.7 Å². The van der Waals surface area contributed by atoms with Crippen LogP contribution in [0.25, 0.3) is 0 Å². The highest BCUT2D eigenvalue weighted by Crippen LogP contribution is 2.35. The Morgan fingerprint density at radius 2 is 1.64 bits per heavy atom. The van der Waals surface area contributed by atoms with Gasteiger partial charge in [-0.2, -0.15) is 5.10 Å². The van der Waals surface area contributed by atoms with Crippen LogP contribution in [0.1, 0.15) is 45.4 Å². The van der Waals surface area contributed by atoms with Crippen molar-refractivity contribution in [3.8, 4) is 0 Å². The lowest BCUT2D eigenvalue weighted by Crippen LogP contribution is -2.29. The number of nitrogens with zero attached hydrogens (tertiary/aromatic N) is 5. The van der Waals surface area contributed by atoms with E-state index in [4.69, 9.17) is 5.10 Å². The number of aromatic nitrogens is 3. The molecular formula is C34H32N6O2S2. The first kappa shape index (κ1) is 29.5. The van der Waals surface area contributed by atoms with Crippen molar-refractivity contribution in [2.75, 3.05) is 5.75 Å². The number of hydrazone groups is 1. The molecule has 2 amide bonds. The van der Waals surface area contributed by atoms with E-state index in [0.717, 1.165) is 27.3 Å². The molecule has 8 nitrogen and oxygen atoms in total. The van der Waals surface area contributed by atoms with E-state index in [0.29, 0.717) is 23.9 Å².